The maximum absolute atomic E-state index is 11.6. The van der Waals surface area contributed by atoms with E-state index in [0.717, 1.165) is 4.47 Å². The minimum absolute atomic E-state index is 0.0385. The fraction of sp³-hybridized carbons (Fsp3) is 0.125. The minimum atomic E-state index is -0.380. The number of ether oxygens (including phenoxy) is 2. The van der Waals surface area contributed by atoms with Crippen LogP contribution < -0.4 is 14.9 Å². The number of amides is 1. The fourth-order valence-corrected chi connectivity index (χ4v) is 1.93. The van der Waals surface area contributed by atoms with Gasteiger partial charge in [0.05, 0.1) is 13.3 Å². The molecule has 2 aromatic carbocycles. The molecule has 1 amide bonds. The number of hydrogen-bond donors (Lipinski definition) is 2. The fourth-order valence-electron chi connectivity index (χ4n) is 1.67. The zero-order chi connectivity index (χ0) is 16.7. The third-order valence-corrected chi connectivity index (χ3v) is 3.32. The van der Waals surface area contributed by atoms with Gasteiger partial charge in [-0.1, -0.05) is 15.9 Å². The third-order valence-electron chi connectivity index (χ3n) is 2.79. The van der Waals surface area contributed by atoms with Crippen LogP contribution in [0, 0.1) is 0 Å². The van der Waals surface area contributed by atoms with Crippen LogP contribution in [0.2, 0.25) is 0 Å². The van der Waals surface area contributed by atoms with Crippen LogP contribution in [-0.4, -0.2) is 30.9 Å². The molecular weight excluding hydrogens is 364 g/mol. The molecule has 0 radical (unpaired) electrons. The molecule has 2 N–H and O–H groups in total. The normalized spacial score (nSPS) is 10.5. The molecule has 23 heavy (non-hydrogen) atoms. The molecule has 0 aliphatic heterocycles. The zero-order valence-electron chi connectivity index (χ0n) is 12.3. The highest BCUT2D eigenvalue weighted by Gasteiger charge is 2.03. The number of rotatable bonds is 6. The first-order valence-electron chi connectivity index (χ1n) is 6.66. The van der Waals surface area contributed by atoms with E-state index in [9.17, 15) is 9.90 Å². The number of hydrazone groups is 1. The van der Waals surface area contributed by atoms with Gasteiger partial charge in [-0.25, -0.2) is 5.43 Å². The molecule has 0 unspecified atom stereocenters. The van der Waals surface area contributed by atoms with Gasteiger partial charge < -0.3 is 14.6 Å². The summed E-state index contributed by atoms with van der Waals surface area (Å²) < 4.78 is 11.2. The van der Waals surface area contributed by atoms with Gasteiger partial charge in [-0.2, -0.15) is 5.10 Å². The van der Waals surface area contributed by atoms with Gasteiger partial charge in [0.25, 0.3) is 5.91 Å². The van der Waals surface area contributed by atoms with E-state index in [1.54, 1.807) is 24.3 Å². The summed E-state index contributed by atoms with van der Waals surface area (Å²) in [5.41, 5.74) is 3.03. The highest BCUT2D eigenvalue weighted by molar-refractivity contribution is 9.10. The number of carbonyl (C=O) groups excluding carboxylic acids is 1. The van der Waals surface area contributed by atoms with Crippen LogP contribution in [0.15, 0.2) is 52.0 Å². The summed E-state index contributed by atoms with van der Waals surface area (Å²) in [6.07, 6.45) is 1.44. The number of hydrogen-bond acceptors (Lipinski definition) is 5. The predicted molar refractivity (Wildman–Crippen MR) is 90.0 cm³/mol. The second-order valence-corrected chi connectivity index (χ2v) is 5.38. The van der Waals surface area contributed by atoms with Crippen molar-refractivity contribution in [3.63, 3.8) is 0 Å². The first-order valence-corrected chi connectivity index (χ1v) is 7.45. The van der Waals surface area contributed by atoms with Crippen LogP contribution in [0.25, 0.3) is 0 Å². The maximum atomic E-state index is 11.6. The first-order chi connectivity index (χ1) is 11.1. The van der Waals surface area contributed by atoms with Gasteiger partial charge in [-0.05, 0) is 48.0 Å². The Kier molecular flexibility index (Phi) is 5.99. The molecule has 0 spiro atoms. The van der Waals surface area contributed by atoms with E-state index in [1.165, 1.54) is 19.4 Å². The first kappa shape index (κ1) is 16.8. The quantitative estimate of drug-likeness (QED) is 0.598. The molecule has 0 saturated heterocycles. The summed E-state index contributed by atoms with van der Waals surface area (Å²) in [6, 6.07) is 11.9. The maximum Gasteiger partial charge on any atom is 0.277 e. The molecular formula is C16H15BrN2O4. The average molecular weight is 379 g/mol. The summed E-state index contributed by atoms with van der Waals surface area (Å²) in [5, 5.41) is 13.3. The summed E-state index contributed by atoms with van der Waals surface area (Å²) in [6.45, 7) is -0.141. The molecule has 2 rings (SSSR count). The van der Waals surface area contributed by atoms with E-state index in [2.05, 4.69) is 26.5 Å². The van der Waals surface area contributed by atoms with Crippen molar-refractivity contribution >= 4 is 28.1 Å². The van der Waals surface area contributed by atoms with Crippen molar-refractivity contribution in [2.75, 3.05) is 13.7 Å². The molecule has 0 aliphatic carbocycles. The lowest BCUT2D eigenvalue weighted by atomic mass is 10.2. The van der Waals surface area contributed by atoms with Crippen LogP contribution in [0.3, 0.4) is 0 Å². The van der Waals surface area contributed by atoms with Crippen LogP contribution in [0.4, 0.5) is 0 Å². The Morgan fingerprint density at radius 2 is 2.04 bits per heavy atom. The Hall–Kier alpha value is -2.54. The standard InChI is InChI=1S/C16H15BrN2O4/c1-22-15-8-11(2-7-14(15)20)9-18-19-16(21)10-23-13-5-3-12(17)4-6-13/h2-9,20H,10H2,1H3,(H,19,21)/b18-9+. The number of halogens is 1. The zero-order valence-corrected chi connectivity index (χ0v) is 13.9. The van der Waals surface area contributed by atoms with E-state index in [1.807, 2.05) is 12.1 Å². The molecule has 0 bridgehead atoms. The summed E-state index contributed by atoms with van der Waals surface area (Å²) >= 11 is 3.32. The van der Waals surface area contributed by atoms with Gasteiger partial charge in [-0.3, -0.25) is 4.79 Å². The highest BCUT2D eigenvalue weighted by atomic mass is 79.9. The van der Waals surface area contributed by atoms with Crippen LogP contribution in [0.1, 0.15) is 5.56 Å². The van der Waals surface area contributed by atoms with Crippen LogP contribution >= 0.6 is 15.9 Å². The summed E-state index contributed by atoms with van der Waals surface area (Å²) in [5.74, 6) is 0.584. The number of nitrogens with zero attached hydrogens (tertiary/aromatic N) is 1. The lowest BCUT2D eigenvalue weighted by Gasteiger charge is -2.05. The third kappa shape index (κ3) is 5.30. The van der Waals surface area contributed by atoms with Gasteiger partial charge in [-0.15, -0.1) is 0 Å². The second kappa shape index (κ2) is 8.19. The molecule has 0 heterocycles. The number of carbonyl (C=O) groups is 1. The van der Waals surface area contributed by atoms with Crippen LogP contribution in [0.5, 0.6) is 17.2 Å². The molecule has 0 saturated carbocycles. The Bertz CT molecular complexity index is 702. The van der Waals surface area contributed by atoms with Crippen LogP contribution in [-0.2, 0) is 4.79 Å². The molecule has 7 heteroatoms. The molecule has 120 valence electrons. The highest BCUT2D eigenvalue weighted by Crippen LogP contribution is 2.25. The smallest absolute Gasteiger partial charge is 0.277 e. The second-order valence-electron chi connectivity index (χ2n) is 4.47. The lowest BCUT2D eigenvalue weighted by molar-refractivity contribution is -0.123. The van der Waals surface area contributed by atoms with E-state index in [4.69, 9.17) is 9.47 Å². The van der Waals surface area contributed by atoms with Crippen molar-refractivity contribution in [2.45, 2.75) is 0 Å². The molecule has 0 aliphatic rings. The molecule has 0 aromatic heterocycles. The van der Waals surface area contributed by atoms with Crippen molar-refractivity contribution in [1.29, 1.82) is 0 Å². The number of phenols is 1. The largest absolute Gasteiger partial charge is 0.504 e. The Labute approximate surface area is 141 Å². The molecule has 0 atom stereocenters. The van der Waals surface area contributed by atoms with Crippen molar-refractivity contribution < 1.29 is 19.4 Å². The summed E-state index contributed by atoms with van der Waals surface area (Å²) in [7, 11) is 1.46. The van der Waals surface area contributed by atoms with Gasteiger partial charge >= 0.3 is 0 Å². The van der Waals surface area contributed by atoms with Gasteiger partial charge in [0.15, 0.2) is 18.1 Å². The minimum Gasteiger partial charge on any atom is -0.504 e. The van der Waals surface area contributed by atoms with Crippen molar-refractivity contribution in [2.24, 2.45) is 5.10 Å². The Morgan fingerprint density at radius 3 is 2.74 bits per heavy atom. The lowest BCUT2D eigenvalue weighted by Crippen LogP contribution is -2.24. The van der Waals surface area contributed by atoms with Gasteiger partial charge in [0.1, 0.15) is 5.75 Å². The number of nitrogens with one attached hydrogen (secondary N) is 1. The van der Waals surface area contributed by atoms with Crippen molar-refractivity contribution in [3.8, 4) is 17.2 Å². The van der Waals surface area contributed by atoms with Gasteiger partial charge in [0.2, 0.25) is 0 Å². The number of benzene rings is 2. The van der Waals surface area contributed by atoms with E-state index >= 15 is 0 Å². The topological polar surface area (TPSA) is 80.2 Å². The summed E-state index contributed by atoms with van der Waals surface area (Å²) in [4.78, 5) is 11.6. The van der Waals surface area contributed by atoms with E-state index in [-0.39, 0.29) is 18.3 Å². The monoisotopic (exact) mass is 378 g/mol. The number of methoxy groups -OCH3 is 1. The SMILES string of the molecule is COc1cc(/C=N/NC(=O)COc2ccc(Br)cc2)ccc1O. The van der Waals surface area contributed by atoms with Crippen molar-refractivity contribution in [1.82, 2.24) is 5.43 Å². The van der Waals surface area contributed by atoms with Gasteiger partial charge in [0, 0.05) is 4.47 Å². The average Bonchev–Trinajstić information content (AvgIpc) is 2.56. The molecule has 0 fully saturated rings. The molecule has 2 aromatic rings. The molecule has 6 nitrogen and oxygen atoms in total. The Balaban J connectivity index is 1.82. The van der Waals surface area contributed by atoms with Crippen molar-refractivity contribution in [3.05, 3.63) is 52.5 Å². The number of phenolic OH excluding ortho intramolecular Hbond substituents is 1. The van der Waals surface area contributed by atoms with E-state index in [0.29, 0.717) is 17.1 Å². The van der Waals surface area contributed by atoms with E-state index < -0.39 is 0 Å². The number of aromatic hydroxyl groups is 1. The Morgan fingerprint density at radius 1 is 1.30 bits per heavy atom. The predicted octanol–water partition coefficient (Wildman–Crippen LogP) is 2.69.